The molecular formula is C14H19BrN2O. The van der Waals surface area contributed by atoms with Gasteiger partial charge >= 0.3 is 0 Å². The van der Waals surface area contributed by atoms with Gasteiger partial charge in [-0.2, -0.15) is 0 Å². The predicted molar refractivity (Wildman–Crippen MR) is 77.8 cm³/mol. The van der Waals surface area contributed by atoms with Gasteiger partial charge in [0.05, 0.1) is 6.54 Å². The summed E-state index contributed by atoms with van der Waals surface area (Å²) < 4.78 is 1.04. The summed E-state index contributed by atoms with van der Waals surface area (Å²) in [5.74, 6) is 0.832. The lowest BCUT2D eigenvalue weighted by atomic mass is 10.1. The van der Waals surface area contributed by atoms with E-state index in [0.717, 1.165) is 33.7 Å². The molecule has 0 saturated heterocycles. The van der Waals surface area contributed by atoms with Crippen LogP contribution in [0.25, 0.3) is 0 Å². The molecule has 2 rings (SSSR count). The molecule has 0 radical (unpaired) electrons. The third kappa shape index (κ3) is 3.82. The number of nitrogens with one attached hydrogen (secondary N) is 2. The molecule has 1 aromatic carbocycles. The molecule has 1 fully saturated rings. The Labute approximate surface area is 116 Å². The van der Waals surface area contributed by atoms with Gasteiger partial charge in [0.1, 0.15) is 0 Å². The number of hydrogen-bond donors (Lipinski definition) is 2. The maximum absolute atomic E-state index is 11.8. The normalized spacial score (nSPS) is 14.6. The minimum atomic E-state index is 0.0316. The zero-order valence-corrected chi connectivity index (χ0v) is 12.4. The highest BCUT2D eigenvalue weighted by molar-refractivity contribution is 9.10. The Morgan fingerprint density at radius 1 is 1.33 bits per heavy atom. The number of halogens is 1. The van der Waals surface area contributed by atoms with Crippen molar-refractivity contribution >= 4 is 27.5 Å². The van der Waals surface area contributed by atoms with E-state index < -0.39 is 0 Å². The van der Waals surface area contributed by atoms with Crippen LogP contribution in [0.5, 0.6) is 0 Å². The molecule has 0 bridgehead atoms. The molecule has 98 valence electrons. The Kier molecular flexibility index (Phi) is 4.40. The number of carbonyl (C=O) groups excluding carboxylic acids is 1. The molecule has 0 heterocycles. The minimum absolute atomic E-state index is 0.0316. The molecule has 18 heavy (non-hydrogen) atoms. The zero-order valence-electron chi connectivity index (χ0n) is 10.8. The number of anilines is 1. The molecule has 0 aromatic heterocycles. The molecule has 1 aliphatic carbocycles. The lowest BCUT2D eigenvalue weighted by Crippen LogP contribution is -2.29. The monoisotopic (exact) mass is 310 g/mol. The van der Waals surface area contributed by atoms with Gasteiger partial charge in [-0.1, -0.05) is 15.9 Å². The van der Waals surface area contributed by atoms with E-state index in [1.54, 1.807) is 0 Å². The van der Waals surface area contributed by atoms with Gasteiger partial charge in [-0.05, 0) is 62.4 Å². The minimum Gasteiger partial charge on any atom is -0.324 e. The lowest BCUT2D eigenvalue weighted by molar-refractivity contribution is -0.115. The van der Waals surface area contributed by atoms with Gasteiger partial charge < -0.3 is 10.6 Å². The second-order valence-electron chi connectivity index (χ2n) is 5.04. The van der Waals surface area contributed by atoms with Crippen molar-refractivity contribution < 1.29 is 4.79 Å². The molecule has 1 aliphatic rings. The number of aryl methyl sites for hydroxylation is 2. The summed E-state index contributed by atoms with van der Waals surface area (Å²) in [4.78, 5) is 11.8. The fourth-order valence-corrected chi connectivity index (χ4v) is 2.69. The highest BCUT2D eigenvalue weighted by Gasteiger charge is 2.20. The molecule has 1 saturated carbocycles. The molecular weight excluding hydrogens is 292 g/mol. The summed E-state index contributed by atoms with van der Waals surface area (Å²) in [6.45, 7) is 5.37. The van der Waals surface area contributed by atoms with Crippen molar-refractivity contribution in [2.24, 2.45) is 5.92 Å². The van der Waals surface area contributed by atoms with Crippen LogP contribution in [0, 0.1) is 19.8 Å². The third-order valence-corrected chi connectivity index (χ3v) is 3.64. The molecule has 0 spiro atoms. The summed E-state index contributed by atoms with van der Waals surface area (Å²) in [5, 5.41) is 6.17. The van der Waals surface area contributed by atoms with Crippen LogP contribution in [0.15, 0.2) is 16.6 Å². The van der Waals surface area contributed by atoms with Crippen molar-refractivity contribution in [2.75, 3.05) is 18.4 Å². The molecule has 3 nitrogen and oxygen atoms in total. The summed E-state index contributed by atoms with van der Waals surface area (Å²) >= 11 is 3.45. The van der Waals surface area contributed by atoms with E-state index in [9.17, 15) is 4.79 Å². The molecule has 4 heteroatoms. The molecule has 1 amide bonds. The van der Waals surface area contributed by atoms with Crippen molar-refractivity contribution in [3.8, 4) is 0 Å². The van der Waals surface area contributed by atoms with E-state index in [4.69, 9.17) is 0 Å². The summed E-state index contributed by atoms with van der Waals surface area (Å²) in [6.07, 6.45) is 2.61. The first-order valence-electron chi connectivity index (χ1n) is 6.33. The van der Waals surface area contributed by atoms with Gasteiger partial charge in [-0.3, -0.25) is 4.79 Å². The second kappa shape index (κ2) is 5.85. The Morgan fingerprint density at radius 2 is 1.94 bits per heavy atom. The summed E-state index contributed by atoms with van der Waals surface area (Å²) in [7, 11) is 0. The van der Waals surface area contributed by atoms with Crippen molar-refractivity contribution in [3.63, 3.8) is 0 Å². The topological polar surface area (TPSA) is 41.1 Å². The number of rotatable bonds is 5. The summed E-state index contributed by atoms with van der Waals surface area (Å²) in [6, 6.07) is 4.03. The number of carbonyl (C=O) groups is 1. The van der Waals surface area contributed by atoms with E-state index in [2.05, 4.69) is 26.6 Å². The largest absolute Gasteiger partial charge is 0.324 e. The fourth-order valence-electron chi connectivity index (χ4n) is 2.00. The number of hydrogen-bond acceptors (Lipinski definition) is 2. The van der Waals surface area contributed by atoms with E-state index in [1.165, 1.54) is 12.8 Å². The number of amides is 1. The molecule has 1 aromatic rings. The predicted octanol–water partition coefficient (Wildman–Crippen LogP) is 3.00. The van der Waals surface area contributed by atoms with Gasteiger partial charge in [0.2, 0.25) is 5.91 Å². The van der Waals surface area contributed by atoms with Gasteiger partial charge in [0.15, 0.2) is 0 Å². The van der Waals surface area contributed by atoms with E-state index in [1.807, 2.05) is 26.0 Å². The highest BCUT2D eigenvalue weighted by Crippen LogP contribution is 2.27. The van der Waals surface area contributed by atoms with Crippen molar-refractivity contribution in [3.05, 3.63) is 27.7 Å². The van der Waals surface area contributed by atoms with Crippen LogP contribution in [0.2, 0.25) is 0 Å². The van der Waals surface area contributed by atoms with Gasteiger partial charge in [0, 0.05) is 10.2 Å². The first kappa shape index (κ1) is 13.6. The first-order chi connectivity index (χ1) is 8.56. The second-order valence-corrected chi connectivity index (χ2v) is 5.95. The van der Waals surface area contributed by atoms with Crippen LogP contribution < -0.4 is 10.6 Å². The fraction of sp³-hybridized carbons (Fsp3) is 0.500. The van der Waals surface area contributed by atoms with Crippen molar-refractivity contribution in [1.29, 1.82) is 0 Å². The maximum Gasteiger partial charge on any atom is 0.238 e. The van der Waals surface area contributed by atoms with E-state index in [-0.39, 0.29) is 5.91 Å². The Hall–Kier alpha value is -0.870. The highest BCUT2D eigenvalue weighted by atomic mass is 79.9. The smallest absolute Gasteiger partial charge is 0.238 e. The quantitative estimate of drug-likeness (QED) is 0.878. The number of benzene rings is 1. The van der Waals surface area contributed by atoms with Crippen LogP contribution in [-0.4, -0.2) is 19.0 Å². The van der Waals surface area contributed by atoms with Crippen LogP contribution in [0.3, 0.4) is 0 Å². The van der Waals surface area contributed by atoms with E-state index in [0.29, 0.717) is 6.54 Å². The summed E-state index contributed by atoms with van der Waals surface area (Å²) in [5.41, 5.74) is 3.09. The molecule has 0 unspecified atom stereocenters. The lowest BCUT2D eigenvalue weighted by Gasteiger charge is -2.12. The van der Waals surface area contributed by atoms with Crippen LogP contribution in [0.1, 0.15) is 24.0 Å². The maximum atomic E-state index is 11.8. The van der Waals surface area contributed by atoms with Crippen LogP contribution in [-0.2, 0) is 4.79 Å². The third-order valence-electron chi connectivity index (χ3n) is 3.18. The Balaban J connectivity index is 1.89. The van der Waals surface area contributed by atoms with E-state index >= 15 is 0 Å². The van der Waals surface area contributed by atoms with Crippen LogP contribution >= 0.6 is 15.9 Å². The standard InChI is InChI=1S/C14H19BrN2O/c1-9-5-12(15)6-10(2)14(9)17-13(18)8-16-7-11-3-4-11/h5-6,11,16H,3-4,7-8H2,1-2H3,(H,17,18). The Bertz CT molecular complexity index is 432. The van der Waals surface area contributed by atoms with Crippen LogP contribution in [0.4, 0.5) is 5.69 Å². The molecule has 0 aliphatic heterocycles. The Morgan fingerprint density at radius 3 is 2.50 bits per heavy atom. The van der Waals surface area contributed by atoms with Gasteiger partial charge in [-0.15, -0.1) is 0 Å². The molecule has 0 atom stereocenters. The van der Waals surface area contributed by atoms with Gasteiger partial charge in [0.25, 0.3) is 0 Å². The first-order valence-corrected chi connectivity index (χ1v) is 7.13. The van der Waals surface area contributed by atoms with Crippen molar-refractivity contribution in [2.45, 2.75) is 26.7 Å². The van der Waals surface area contributed by atoms with Gasteiger partial charge in [-0.25, -0.2) is 0 Å². The van der Waals surface area contributed by atoms with Crippen molar-refractivity contribution in [1.82, 2.24) is 5.32 Å². The zero-order chi connectivity index (χ0) is 13.1. The molecule has 2 N–H and O–H groups in total. The SMILES string of the molecule is Cc1cc(Br)cc(C)c1NC(=O)CNCC1CC1. The average Bonchev–Trinajstić information content (AvgIpc) is 3.07. The average molecular weight is 311 g/mol.